The molecule has 5 heteroatoms. The SMILES string of the molecule is CC1=C(F)OC(C)(F)C(C)(F)O1. The van der Waals surface area contributed by atoms with E-state index in [0.29, 0.717) is 0 Å². The monoisotopic (exact) mass is 182 g/mol. The molecule has 2 atom stereocenters. The van der Waals surface area contributed by atoms with E-state index in [1.165, 1.54) is 0 Å². The Morgan fingerprint density at radius 3 is 1.92 bits per heavy atom. The molecule has 0 N–H and O–H groups in total. The van der Waals surface area contributed by atoms with Crippen LogP contribution in [0.1, 0.15) is 20.8 Å². The zero-order chi connectivity index (χ0) is 9.57. The summed E-state index contributed by atoms with van der Waals surface area (Å²) in [5, 5.41) is 0. The molecule has 0 aromatic carbocycles. The van der Waals surface area contributed by atoms with Gasteiger partial charge in [-0.25, -0.2) is 0 Å². The van der Waals surface area contributed by atoms with Gasteiger partial charge in [0.05, 0.1) is 0 Å². The molecule has 0 amide bonds. The minimum Gasteiger partial charge on any atom is -0.450 e. The first-order valence-corrected chi connectivity index (χ1v) is 3.38. The second-order valence-corrected chi connectivity index (χ2v) is 2.87. The largest absolute Gasteiger partial charge is 0.450 e. The third-order valence-electron chi connectivity index (χ3n) is 1.70. The van der Waals surface area contributed by atoms with Crippen molar-refractivity contribution in [3.05, 3.63) is 11.8 Å². The lowest BCUT2D eigenvalue weighted by Crippen LogP contribution is -2.49. The molecule has 1 aliphatic heterocycles. The highest BCUT2D eigenvalue weighted by molar-refractivity contribution is 5.00. The topological polar surface area (TPSA) is 18.5 Å². The van der Waals surface area contributed by atoms with Crippen molar-refractivity contribution >= 4 is 0 Å². The molecule has 0 aliphatic carbocycles. The van der Waals surface area contributed by atoms with Crippen LogP contribution in [0.25, 0.3) is 0 Å². The van der Waals surface area contributed by atoms with Crippen LogP contribution in [0.15, 0.2) is 11.8 Å². The van der Waals surface area contributed by atoms with Gasteiger partial charge in [0, 0.05) is 13.8 Å². The van der Waals surface area contributed by atoms with E-state index in [9.17, 15) is 13.2 Å². The number of alkyl halides is 2. The summed E-state index contributed by atoms with van der Waals surface area (Å²) in [7, 11) is 0. The maximum absolute atomic E-state index is 13.1. The number of hydrogen-bond acceptors (Lipinski definition) is 2. The average molecular weight is 182 g/mol. The zero-order valence-electron chi connectivity index (χ0n) is 6.95. The van der Waals surface area contributed by atoms with Crippen molar-refractivity contribution in [1.82, 2.24) is 0 Å². The third-order valence-corrected chi connectivity index (χ3v) is 1.70. The lowest BCUT2D eigenvalue weighted by molar-refractivity contribution is -0.313. The van der Waals surface area contributed by atoms with E-state index in [1.54, 1.807) is 0 Å². The first-order valence-electron chi connectivity index (χ1n) is 3.38. The Kier molecular flexibility index (Phi) is 1.77. The zero-order valence-corrected chi connectivity index (χ0v) is 6.95. The predicted octanol–water partition coefficient (Wildman–Crippen LogP) is 2.56. The summed E-state index contributed by atoms with van der Waals surface area (Å²) >= 11 is 0. The van der Waals surface area contributed by atoms with Crippen LogP contribution < -0.4 is 0 Å². The molecule has 0 fully saturated rings. The second kappa shape index (κ2) is 2.31. The smallest absolute Gasteiger partial charge is 0.316 e. The lowest BCUT2D eigenvalue weighted by Gasteiger charge is -2.37. The number of halogens is 3. The maximum atomic E-state index is 13.1. The van der Waals surface area contributed by atoms with Gasteiger partial charge in [-0.3, -0.25) is 0 Å². The van der Waals surface area contributed by atoms with E-state index in [-0.39, 0.29) is 0 Å². The molecule has 0 bridgehead atoms. The molecule has 0 saturated heterocycles. The van der Waals surface area contributed by atoms with E-state index in [2.05, 4.69) is 9.47 Å². The van der Waals surface area contributed by atoms with E-state index in [0.717, 1.165) is 20.8 Å². The number of rotatable bonds is 0. The Balaban J connectivity index is 3.00. The van der Waals surface area contributed by atoms with Gasteiger partial charge in [0.15, 0.2) is 5.76 Å². The van der Waals surface area contributed by atoms with E-state index >= 15 is 0 Å². The summed E-state index contributed by atoms with van der Waals surface area (Å²) in [6.07, 6.45) is 0. The van der Waals surface area contributed by atoms with Crippen molar-refractivity contribution < 1.29 is 22.6 Å². The van der Waals surface area contributed by atoms with E-state index in [4.69, 9.17) is 0 Å². The van der Waals surface area contributed by atoms with Gasteiger partial charge >= 0.3 is 17.7 Å². The van der Waals surface area contributed by atoms with Gasteiger partial charge in [-0.15, -0.1) is 0 Å². The van der Waals surface area contributed by atoms with Crippen LogP contribution in [-0.4, -0.2) is 11.7 Å². The van der Waals surface area contributed by atoms with Gasteiger partial charge in [-0.05, 0) is 6.92 Å². The van der Waals surface area contributed by atoms with Gasteiger partial charge in [0.25, 0.3) is 0 Å². The van der Waals surface area contributed by atoms with Crippen molar-refractivity contribution in [1.29, 1.82) is 0 Å². The summed E-state index contributed by atoms with van der Waals surface area (Å²) < 4.78 is 47.2. The molecule has 1 rings (SSSR count). The maximum Gasteiger partial charge on any atom is 0.316 e. The molecule has 70 valence electrons. The van der Waals surface area contributed by atoms with Gasteiger partial charge in [-0.1, -0.05) is 0 Å². The molecule has 0 aromatic rings. The number of hydrogen-bond donors (Lipinski definition) is 0. The van der Waals surface area contributed by atoms with Crippen LogP contribution in [0.2, 0.25) is 0 Å². The molecule has 1 aliphatic rings. The fourth-order valence-corrected chi connectivity index (χ4v) is 0.750. The minimum atomic E-state index is -2.80. The molecule has 0 aromatic heterocycles. The fraction of sp³-hybridized carbons (Fsp3) is 0.714. The minimum absolute atomic E-state index is 0.393. The first kappa shape index (κ1) is 9.22. The molecule has 2 unspecified atom stereocenters. The summed E-state index contributed by atoms with van der Waals surface area (Å²) in [4.78, 5) is 0. The van der Waals surface area contributed by atoms with Crippen LogP contribution in [0.4, 0.5) is 13.2 Å². The quantitative estimate of drug-likeness (QED) is 0.573. The molecule has 12 heavy (non-hydrogen) atoms. The highest BCUT2D eigenvalue weighted by Crippen LogP contribution is 2.41. The summed E-state index contributed by atoms with van der Waals surface area (Å²) in [5.74, 6) is -5.85. The molecule has 0 spiro atoms. The van der Waals surface area contributed by atoms with Gasteiger partial charge in [0.2, 0.25) is 0 Å². The molecular weight excluding hydrogens is 173 g/mol. The van der Waals surface area contributed by atoms with Gasteiger partial charge < -0.3 is 9.47 Å². The van der Waals surface area contributed by atoms with Crippen molar-refractivity contribution in [2.75, 3.05) is 0 Å². The van der Waals surface area contributed by atoms with Crippen LogP contribution in [0, 0.1) is 0 Å². The van der Waals surface area contributed by atoms with E-state index < -0.39 is 23.5 Å². The van der Waals surface area contributed by atoms with Crippen molar-refractivity contribution in [2.45, 2.75) is 32.5 Å². The molecule has 2 nitrogen and oxygen atoms in total. The normalized spacial score (nSPS) is 42.2. The molecule has 0 saturated carbocycles. The second-order valence-electron chi connectivity index (χ2n) is 2.87. The molecular formula is C7H9F3O2. The van der Waals surface area contributed by atoms with Crippen LogP contribution in [0.5, 0.6) is 0 Å². The van der Waals surface area contributed by atoms with Crippen LogP contribution >= 0.6 is 0 Å². The Hall–Kier alpha value is -0.870. The first-order chi connectivity index (χ1) is 5.26. The van der Waals surface area contributed by atoms with Gasteiger partial charge in [0.1, 0.15) is 0 Å². The number of ether oxygens (including phenoxy) is 2. The Morgan fingerprint density at radius 1 is 1.08 bits per heavy atom. The van der Waals surface area contributed by atoms with Crippen LogP contribution in [0.3, 0.4) is 0 Å². The Labute approximate surface area is 68.0 Å². The fourth-order valence-electron chi connectivity index (χ4n) is 0.750. The Bertz CT molecular complexity index is 209. The summed E-state index contributed by atoms with van der Waals surface area (Å²) in [6.45, 7) is 2.75. The average Bonchev–Trinajstić information content (AvgIpc) is 1.82. The van der Waals surface area contributed by atoms with Crippen molar-refractivity contribution in [3.8, 4) is 0 Å². The van der Waals surface area contributed by atoms with Gasteiger partial charge in [-0.2, -0.15) is 13.2 Å². The van der Waals surface area contributed by atoms with Crippen molar-refractivity contribution in [2.24, 2.45) is 0 Å². The number of allylic oxidation sites excluding steroid dienone is 1. The molecule has 1 heterocycles. The predicted molar refractivity (Wildman–Crippen MR) is 35.0 cm³/mol. The van der Waals surface area contributed by atoms with Crippen LogP contribution in [-0.2, 0) is 9.47 Å². The standard InChI is InChI=1S/C7H9F3O2/c1-4-5(8)12-7(3,10)6(2,9)11-4/h1-3H3. The summed E-state index contributed by atoms with van der Waals surface area (Å²) in [6, 6.07) is -1.23. The summed E-state index contributed by atoms with van der Waals surface area (Å²) in [5.41, 5.74) is 0. The molecule has 0 radical (unpaired) electrons. The lowest BCUT2D eigenvalue weighted by atomic mass is 10.1. The van der Waals surface area contributed by atoms with Crippen molar-refractivity contribution in [3.63, 3.8) is 0 Å². The highest BCUT2D eigenvalue weighted by Gasteiger charge is 2.55. The third kappa shape index (κ3) is 1.23. The van der Waals surface area contributed by atoms with E-state index in [1.807, 2.05) is 0 Å². The Morgan fingerprint density at radius 2 is 1.50 bits per heavy atom. The highest BCUT2D eigenvalue weighted by atomic mass is 19.2.